The van der Waals surface area contributed by atoms with Crippen LogP contribution in [0.25, 0.3) is 10.9 Å². The second kappa shape index (κ2) is 6.60. The van der Waals surface area contributed by atoms with E-state index in [0.717, 1.165) is 22.5 Å². The second-order valence-corrected chi connectivity index (χ2v) is 5.45. The van der Waals surface area contributed by atoms with E-state index in [-0.39, 0.29) is 12.5 Å². The maximum atomic E-state index is 13.1. The summed E-state index contributed by atoms with van der Waals surface area (Å²) in [6, 6.07) is 11.2. The van der Waals surface area contributed by atoms with Crippen molar-refractivity contribution in [1.29, 1.82) is 0 Å². The fraction of sp³-hybridized carbons (Fsp3) is 0.167. The van der Waals surface area contributed by atoms with Gasteiger partial charge in [0.1, 0.15) is 11.6 Å². The molecule has 0 fully saturated rings. The molecule has 0 aliphatic heterocycles. The third kappa shape index (κ3) is 3.94. The van der Waals surface area contributed by atoms with Gasteiger partial charge in [-0.25, -0.2) is 8.78 Å². The van der Waals surface area contributed by atoms with E-state index in [1.54, 1.807) is 0 Å². The van der Waals surface area contributed by atoms with Crippen molar-refractivity contribution in [3.63, 3.8) is 0 Å². The van der Waals surface area contributed by atoms with Gasteiger partial charge in [-0.3, -0.25) is 4.79 Å². The highest BCUT2D eigenvalue weighted by atomic mass is 19.1. The molecule has 2 N–H and O–H groups in total. The minimum Gasteiger partial charge on any atom is -0.361 e. The molecule has 23 heavy (non-hydrogen) atoms. The van der Waals surface area contributed by atoms with Crippen molar-refractivity contribution in [2.45, 2.75) is 19.4 Å². The van der Waals surface area contributed by atoms with Gasteiger partial charge in [-0.2, -0.15) is 0 Å². The highest BCUT2D eigenvalue weighted by Gasteiger charge is 2.05. The molecule has 3 rings (SSSR count). The molecule has 0 atom stereocenters. The average molecular weight is 314 g/mol. The van der Waals surface area contributed by atoms with E-state index in [9.17, 15) is 13.6 Å². The van der Waals surface area contributed by atoms with Crippen molar-refractivity contribution in [2.75, 3.05) is 0 Å². The summed E-state index contributed by atoms with van der Waals surface area (Å²) in [5.41, 5.74) is 2.54. The van der Waals surface area contributed by atoms with Crippen molar-refractivity contribution < 1.29 is 13.6 Å². The molecule has 0 bridgehead atoms. The average Bonchev–Trinajstić information content (AvgIpc) is 2.97. The molecule has 0 radical (unpaired) electrons. The molecular formula is C18H16F2N2O. The standard InChI is InChI=1S/C18H16F2N2O/c19-15-8-13(9-16(20)10-15)11-22-18(23)4-2-12-1-3-17-14(7-12)5-6-21-17/h1,3,5-10,21H,2,4,11H2,(H,22,23). The summed E-state index contributed by atoms with van der Waals surface area (Å²) in [5, 5.41) is 3.79. The zero-order chi connectivity index (χ0) is 16.2. The number of halogens is 2. The molecule has 5 heteroatoms. The number of nitrogens with one attached hydrogen (secondary N) is 2. The van der Waals surface area contributed by atoms with Crippen LogP contribution >= 0.6 is 0 Å². The first-order chi connectivity index (χ1) is 11.1. The van der Waals surface area contributed by atoms with Crippen LogP contribution in [-0.4, -0.2) is 10.9 Å². The van der Waals surface area contributed by atoms with Crippen LogP contribution in [0.4, 0.5) is 8.78 Å². The monoisotopic (exact) mass is 314 g/mol. The molecule has 0 unspecified atom stereocenters. The number of aromatic amines is 1. The van der Waals surface area contributed by atoms with Crippen LogP contribution < -0.4 is 5.32 Å². The van der Waals surface area contributed by atoms with E-state index >= 15 is 0 Å². The highest BCUT2D eigenvalue weighted by molar-refractivity contribution is 5.80. The van der Waals surface area contributed by atoms with Crippen LogP contribution in [0, 0.1) is 11.6 Å². The zero-order valence-corrected chi connectivity index (χ0v) is 12.4. The van der Waals surface area contributed by atoms with Gasteiger partial charge in [-0.15, -0.1) is 0 Å². The molecule has 1 amide bonds. The number of carbonyl (C=O) groups is 1. The minimum absolute atomic E-state index is 0.115. The van der Waals surface area contributed by atoms with Gasteiger partial charge in [0.25, 0.3) is 0 Å². The number of aromatic nitrogens is 1. The largest absolute Gasteiger partial charge is 0.361 e. The maximum Gasteiger partial charge on any atom is 0.220 e. The first-order valence-electron chi connectivity index (χ1n) is 7.38. The maximum absolute atomic E-state index is 13.1. The Labute approximate surface area is 132 Å². The molecule has 0 saturated heterocycles. The molecule has 2 aromatic carbocycles. The van der Waals surface area contributed by atoms with Crippen molar-refractivity contribution in [1.82, 2.24) is 10.3 Å². The summed E-state index contributed by atoms with van der Waals surface area (Å²) in [6.07, 6.45) is 2.82. The second-order valence-electron chi connectivity index (χ2n) is 5.45. The Morgan fingerprint density at radius 3 is 2.57 bits per heavy atom. The topological polar surface area (TPSA) is 44.9 Å². The molecule has 0 aliphatic carbocycles. The zero-order valence-electron chi connectivity index (χ0n) is 12.4. The lowest BCUT2D eigenvalue weighted by Crippen LogP contribution is -2.23. The van der Waals surface area contributed by atoms with Gasteiger partial charge < -0.3 is 10.3 Å². The summed E-state index contributed by atoms with van der Waals surface area (Å²) in [5.74, 6) is -1.44. The number of hydrogen-bond donors (Lipinski definition) is 2. The van der Waals surface area contributed by atoms with Crippen molar-refractivity contribution in [3.05, 3.63) is 71.4 Å². The number of hydrogen-bond acceptors (Lipinski definition) is 1. The first kappa shape index (κ1) is 15.2. The van der Waals surface area contributed by atoms with E-state index in [4.69, 9.17) is 0 Å². The van der Waals surface area contributed by atoms with Gasteiger partial charge in [-0.05, 0) is 53.3 Å². The van der Waals surface area contributed by atoms with Crippen LogP contribution in [0.15, 0.2) is 48.7 Å². The van der Waals surface area contributed by atoms with Gasteiger partial charge in [0.2, 0.25) is 5.91 Å². The van der Waals surface area contributed by atoms with Gasteiger partial charge in [0, 0.05) is 30.7 Å². The molecule has 3 nitrogen and oxygen atoms in total. The predicted octanol–water partition coefficient (Wildman–Crippen LogP) is 3.70. The van der Waals surface area contributed by atoms with E-state index in [1.807, 2.05) is 30.5 Å². The number of amides is 1. The third-order valence-electron chi connectivity index (χ3n) is 3.67. The van der Waals surface area contributed by atoms with Gasteiger partial charge in [0.05, 0.1) is 0 Å². The number of rotatable bonds is 5. The Morgan fingerprint density at radius 2 is 1.78 bits per heavy atom. The summed E-state index contributed by atoms with van der Waals surface area (Å²) in [4.78, 5) is 15.0. The van der Waals surface area contributed by atoms with Gasteiger partial charge in [0.15, 0.2) is 0 Å². The lowest BCUT2D eigenvalue weighted by Gasteiger charge is -2.06. The van der Waals surface area contributed by atoms with Crippen molar-refractivity contribution in [2.24, 2.45) is 0 Å². The number of benzene rings is 2. The van der Waals surface area contributed by atoms with E-state index in [2.05, 4.69) is 10.3 Å². The van der Waals surface area contributed by atoms with Crippen LogP contribution in [0.1, 0.15) is 17.5 Å². The van der Waals surface area contributed by atoms with Crippen LogP contribution in [0.2, 0.25) is 0 Å². The lowest BCUT2D eigenvalue weighted by atomic mass is 10.1. The molecule has 0 aliphatic rings. The smallest absolute Gasteiger partial charge is 0.220 e. The normalized spacial score (nSPS) is 10.9. The van der Waals surface area contributed by atoms with E-state index in [1.165, 1.54) is 12.1 Å². The Hall–Kier alpha value is -2.69. The van der Waals surface area contributed by atoms with Crippen LogP contribution in [-0.2, 0) is 17.8 Å². The molecule has 0 saturated carbocycles. The SMILES string of the molecule is O=C(CCc1ccc2[nH]ccc2c1)NCc1cc(F)cc(F)c1. The molecule has 1 aromatic heterocycles. The Morgan fingerprint density at radius 1 is 1.00 bits per heavy atom. The fourth-order valence-corrected chi connectivity index (χ4v) is 2.52. The van der Waals surface area contributed by atoms with Crippen LogP contribution in [0.5, 0.6) is 0 Å². The summed E-state index contributed by atoms with van der Waals surface area (Å²) in [7, 11) is 0. The first-order valence-corrected chi connectivity index (χ1v) is 7.38. The molecule has 1 heterocycles. The molecule has 3 aromatic rings. The van der Waals surface area contributed by atoms with Crippen molar-refractivity contribution >= 4 is 16.8 Å². The lowest BCUT2D eigenvalue weighted by molar-refractivity contribution is -0.121. The molecular weight excluding hydrogens is 298 g/mol. The van der Waals surface area contributed by atoms with Crippen LogP contribution in [0.3, 0.4) is 0 Å². The highest BCUT2D eigenvalue weighted by Crippen LogP contribution is 2.15. The Bertz CT molecular complexity index is 822. The number of fused-ring (bicyclic) bond motifs is 1. The molecule has 0 spiro atoms. The van der Waals surface area contributed by atoms with E-state index in [0.29, 0.717) is 18.4 Å². The minimum atomic E-state index is -0.644. The Balaban J connectivity index is 1.52. The van der Waals surface area contributed by atoms with Gasteiger partial charge in [-0.1, -0.05) is 6.07 Å². The number of aryl methyl sites for hydroxylation is 1. The summed E-state index contributed by atoms with van der Waals surface area (Å²) in [6.45, 7) is 0.115. The molecule has 118 valence electrons. The quantitative estimate of drug-likeness (QED) is 0.741. The number of carbonyl (C=O) groups excluding carboxylic acids is 1. The summed E-state index contributed by atoms with van der Waals surface area (Å²) >= 11 is 0. The van der Waals surface area contributed by atoms with Gasteiger partial charge >= 0.3 is 0 Å². The predicted molar refractivity (Wildman–Crippen MR) is 84.8 cm³/mol. The number of H-pyrrole nitrogens is 1. The Kier molecular flexibility index (Phi) is 4.37. The third-order valence-corrected chi connectivity index (χ3v) is 3.67. The van der Waals surface area contributed by atoms with E-state index < -0.39 is 11.6 Å². The fourth-order valence-electron chi connectivity index (χ4n) is 2.52. The van der Waals surface area contributed by atoms with Crippen molar-refractivity contribution in [3.8, 4) is 0 Å². The summed E-state index contributed by atoms with van der Waals surface area (Å²) < 4.78 is 26.1.